The average Bonchev–Trinajstić information content (AvgIpc) is 3.55. The van der Waals surface area contributed by atoms with Crippen molar-refractivity contribution in [3.63, 3.8) is 0 Å². The lowest BCUT2D eigenvalue weighted by Gasteiger charge is -2.37. The molecule has 7 unspecified atom stereocenters. The maximum atomic E-state index is 12.6. The lowest BCUT2D eigenvalue weighted by Crippen LogP contribution is -2.37. The SMILES string of the molecule is C=CC(=O)OC.CC.O=C(Oc1ccccc1)C1CC2CC1C1C3CCC(C3)C21. The number of carbonyl (C=O) groups excluding carboxylic acids is 2. The van der Waals surface area contributed by atoms with Gasteiger partial charge in [0.1, 0.15) is 5.75 Å². The Morgan fingerprint density at radius 3 is 2.21 bits per heavy atom. The Morgan fingerprint density at radius 2 is 1.62 bits per heavy atom. The number of benzene rings is 1. The third kappa shape index (κ3) is 4.26. The van der Waals surface area contributed by atoms with Crippen LogP contribution in [-0.4, -0.2) is 19.0 Å². The largest absolute Gasteiger partial charge is 0.466 e. The first kappa shape index (κ1) is 21.6. The van der Waals surface area contributed by atoms with Gasteiger partial charge in [0.05, 0.1) is 13.0 Å². The normalized spacial score (nSPS) is 34.8. The molecule has 7 atom stereocenters. The summed E-state index contributed by atoms with van der Waals surface area (Å²) in [5.41, 5.74) is 0. The highest BCUT2D eigenvalue weighted by Gasteiger charge is 2.63. The van der Waals surface area contributed by atoms with Crippen LogP contribution in [0.15, 0.2) is 43.0 Å². The highest BCUT2D eigenvalue weighted by molar-refractivity contribution is 5.80. The highest BCUT2D eigenvalue weighted by atomic mass is 16.5. The first-order valence-corrected chi connectivity index (χ1v) is 11.1. The molecule has 0 radical (unpaired) electrons. The molecule has 4 saturated carbocycles. The Bertz CT molecular complexity index is 713. The van der Waals surface area contributed by atoms with E-state index >= 15 is 0 Å². The Balaban J connectivity index is 0.000000262. The van der Waals surface area contributed by atoms with Gasteiger partial charge in [-0.3, -0.25) is 4.79 Å². The van der Waals surface area contributed by atoms with Gasteiger partial charge < -0.3 is 9.47 Å². The zero-order valence-corrected chi connectivity index (χ0v) is 17.9. The second-order valence-electron chi connectivity index (χ2n) is 8.45. The lowest BCUT2D eigenvalue weighted by molar-refractivity contribution is -0.142. The van der Waals surface area contributed by atoms with E-state index in [0.717, 1.165) is 42.1 Å². The molecule has 5 rings (SSSR count). The molecule has 1 aromatic carbocycles. The van der Waals surface area contributed by atoms with Gasteiger partial charge in [-0.2, -0.15) is 0 Å². The van der Waals surface area contributed by atoms with Crippen LogP contribution in [0.1, 0.15) is 46.0 Å². The van der Waals surface area contributed by atoms with E-state index in [1.54, 1.807) is 0 Å². The molecule has 4 fully saturated rings. The third-order valence-electron chi connectivity index (χ3n) is 7.37. The monoisotopic (exact) mass is 398 g/mol. The number of ether oxygens (including phenoxy) is 2. The van der Waals surface area contributed by atoms with Gasteiger partial charge in [0, 0.05) is 6.08 Å². The fourth-order valence-electron chi connectivity index (χ4n) is 6.60. The molecule has 29 heavy (non-hydrogen) atoms. The Hall–Kier alpha value is -2.10. The van der Waals surface area contributed by atoms with E-state index < -0.39 is 5.97 Å². The minimum atomic E-state index is -0.394. The predicted molar refractivity (Wildman–Crippen MR) is 113 cm³/mol. The number of carbonyl (C=O) groups is 2. The van der Waals surface area contributed by atoms with Crippen molar-refractivity contribution >= 4 is 11.9 Å². The second-order valence-corrected chi connectivity index (χ2v) is 8.45. The standard InChI is InChI=1S/C19H22O2.C4H6O2.C2H6/c20-19(21-14-4-2-1-3-5-14)16-10-13-9-15(16)18-12-7-6-11(8-12)17(13)18;1-3-4(5)6-2;1-2/h1-5,11-13,15-18H,6-10H2;3H,1H2,2H3;1-2H3. The summed E-state index contributed by atoms with van der Waals surface area (Å²) in [7, 11) is 1.31. The first-order chi connectivity index (χ1) is 14.1. The summed E-state index contributed by atoms with van der Waals surface area (Å²) >= 11 is 0. The Labute approximate surface area is 174 Å². The van der Waals surface area contributed by atoms with Crippen molar-refractivity contribution in [2.45, 2.75) is 46.0 Å². The van der Waals surface area contributed by atoms with Crippen molar-refractivity contribution in [1.29, 1.82) is 0 Å². The molecule has 4 aliphatic carbocycles. The molecule has 0 saturated heterocycles. The van der Waals surface area contributed by atoms with Gasteiger partial charge in [-0.15, -0.1) is 0 Å². The Kier molecular flexibility index (Phi) is 7.15. The van der Waals surface area contributed by atoms with Crippen LogP contribution in [0.25, 0.3) is 0 Å². The van der Waals surface area contributed by atoms with E-state index in [1.165, 1.54) is 32.8 Å². The van der Waals surface area contributed by atoms with Crippen LogP contribution in [0, 0.1) is 41.4 Å². The summed E-state index contributed by atoms with van der Waals surface area (Å²) in [5, 5.41) is 0. The topological polar surface area (TPSA) is 52.6 Å². The molecule has 0 aromatic heterocycles. The number of esters is 2. The van der Waals surface area contributed by atoms with Crippen molar-refractivity contribution in [2.75, 3.05) is 7.11 Å². The van der Waals surface area contributed by atoms with Crippen molar-refractivity contribution in [2.24, 2.45) is 41.4 Å². The summed E-state index contributed by atoms with van der Waals surface area (Å²) in [4.78, 5) is 22.4. The quantitative estimate of drug-likeness (QED) is 0.301. The molecule has 158 valence electrons. The molecule has 0 spiro atoms. The van der Waals surface area contributed by atoms with Crippen LogP contribution < -0.4 is 4.74 Å². The Morgan fingerprint density at radius 1 is 0.966 bits per heavy atom. The van der Waals surface area contributed by atoms with Gasteiger partial charge in [0.15, 0.2) is 0 Å². The van der Waals surface area contributed by atoms with Crippen LogP contribution in [0.4, 0.5) is 0 Å². The number of fused-ring (bicyclic) bond motifs is 9. The minimum absolute atomic E-state index is 0.0370. The molecule has 0 heterocycles. The van der Waals surface area contributed by atoms with Crippen LogP contribution >= 0.6 is 0 Å². The molecule has 4 aliphatic rings. The fraction of sp³-hybridized carbons (Fsp3) is 0.600. The van der Waals surface area contributed by atoms with Crippen LogP contribution in [0.5, 0.6) is 5.75 Å². The van der Waals surface area contributed by atoms with Gasteiger partial charge in [0.2, 0.25) is 0 Å². The van der Waals surface area contributed by atoms with Crippen molar-refractivity contribution in [1.82, 2.24) is 0 Å². The van der Waals surface area contributed by atoms with E-state index in [1.807, 2.05) is 44.2 Å². The van der Waals surface area contributed by atoms with Crippen molar-refractivity contribution < 1.29 is 19.1 Å². The molecule has 0 N–H and O–H groups in total. The van der Waals surface area contributed by atoms with Gasteiger partial charge in [-0.05, 0) is 79.7 Å². The fourth-order valence-corrected chi connectivity index (χ4v) is 6.60. The number of rotatable bonds is 3. The molecule has 4 heteroatoms. The summed E-state index contributed by atoms with van der Waals surface area (Å²) in [6.45, 7) is 7.16. The molecular weight excluding hydrogens is 364 g/mol. The number of methoxy groups -OCH3 is 1. The van der Waals surface area contributed by atoms with Crippen LogP contribution in [-0.2, 0) is 14.3 Å². The van der Waals surface area contributed by atoms with Crippen LogP contribution in [0.2, 0.25) is 0 Å². The van der Waals surface area contributed by atoms with Gasteiger partial charge in [0.25, 0.3) is 0 Å². The van der Waals surface area contributed by atoms with E-state index in [4.69, 9.17) is 4.74 Å². The summed E-state index contributed by atoms with van der Waals surface area (Å²) in [6, 6.07) is 9.57. The van der Waals surface area contributed by atoms with Gasteiger partial charge in [-0.1, -0.05) is 38.6 Å². The summed E-state index contributed by atoms with van der Waals surface area (Å²) < 4.78 is 9.78. The second kappa shape index (κ2) is 9.60. The maximum absolute atomic E-state index is 12.6. The maximum Gasteiger partial charge on any atom is 0.329 e. The van der Waals surface area contributed by atoms with Crippen molar-refractivity contribution in [3.05, 3.63) is 43.0 Å². The van der Waals surface area contributed by atoms with E-state index in [9.17, 15) is 9.59 Å². The number of para-hydroxylation sites is 1. The molecule has 4 nitrogen and oxygen atoms in total. The zero-order valence-electron chi connectivity index (χ0n) is 17.9. The molecule has 0 aliphatic heterocycles. The molecule has 1 aromatic rings. The first-order valence-electron chi connectivity index (χ1n) is 11.1. The smallest absolute Gasteiger partial charge is 0.329 e. The highest BCUT2D eigenvalue weighted by Crippen LogP contribution is 2.68. The van der Waals surface area contributed by atoms with E-state index in [-0.39, 0.29) is 11.9 Å². The summed E-state index contributed by atoms with van der Waals surface area (Å²) in [5.74, 6) is 5.74. The predicted octanol–water partition coefficient (Wildman–Crippen LogP) is 5.28. The number of hydrogen-bond acceptors (Lipinski definition) is 4. The van der Waals surface area contributed by atoms with E-state index in [0.29, 0.717) is 11.7 Å². The molecule has 4 bridgehead atoms. The number of hydrogen-bond donors (Lipinski definition) is 0. The van der Waals surface area contributed by atoms with Gasteiger partial charge in [-0.25, -0.2) is 4.79 Å². The molecule has 0 amide bonds. The zero-order chi connectivity index (χ0) is 21.0. The minimum Gasteiger partial charge on any atom is -0.466 e. The van der Waals surface area contributed by atoms with E-state index in [2.05, 4.69) is 11.3 Å². The van der Waals surface area contributed by atoms with Crippen molar-refractivity contribution in [3.8, 4) is 5.75 Å². The lowest BCUT2D eigenvalue weighted by atomic mass is 9.67. The average molecular weight is 399 g/mol. The van der Waals surface area contributed by atoms with Crippen LogP contribution in [0.3, 0.4) is 0 Å². The summed E-state index contributed by atoms with van der Waals surface area (Å²) in [6.07, 6.45) is 7.87. The van der Waals surface area contributed by atoms with Gasteiger partial charge >= 0.3 is 11.9 Å². The molecular formula is C25H34O4. The third-order valence-corrected chi connectivity index (χ3v) is 7.37.